The highest BCUT2D eigenvalue weighted by atomic mass is 19.4. The van der Waals surface area contributed by atoms with Gasteiger partial charge in [0, 0.05) is 53.8 Å². The summed E-state index contributed by atoms with van der Waals surface area (Å²) in [5.41, 5.74) is 12.6. The first kappa shape index (κ1) is 22.2. The van der Waals surface area contributed by atoms with E-state index in [2.05, 4.69) is 9.88 Å². The van der Waals surface area contributed by atoms with E-state index in [0.29, 0.717) is 53.8 Å². The SMILES string of the molecule is N=Cc1c(N)ccc2nc(/C(=C/N)C(=N)C(F)(F)F)c3c(c12)CCC(N1CCOCC1)C3. The second-order valence-corrected chi connectivity index (χ2v) is 8.02. The molecular formula is C22H25F3N6O. The third-order valence-corrected chi connectivity index (χ3v) is 6.29. The molecule has 0 amide bonds. The molecule has 1 aromatic heterocycles. The lowest BCUT2D eigenvalue weighted by atomic mass is 9.81. The zero-order chi connectivity index (χ0) is 23.0. The van der Waals surface area contributed by atoms with E-state index >= 15 is 0 Å². The number of allylic oxidation sites excluding steroid dienone is 1. The summed E-state index contributed by atoms with van der Waals surface area (Å²) in [5, 5.41) is 16.3. The zero-order valence-electron chi connectivity index (χ0n) is 17.4. The van der Waals surface area contributed by atoms with Crippen LogP contribution in [0, 0.1) is 10.8 Å². The first-order valence-electron chi connectivity index (χ1n) is 10.4. The second-order valence-electron chi connectivity index (χ2n) is 8.02. The van der Waals surface area contributed by atoms with Crippen molar-refractivity contribution in [2.45, 2.75) is 31.5 Å². The van der Waals surface area contributed by atoms with Gasteiger partial charge in [0.1, 0.15) is 5.71 Å². The summed E-state index contributed by atoms with van der Waals surface area (Å²) in [7, 11) is 0. The lowest BCUT2D eigenvalue weighted by molar-refractivity contribution is -0.0578. The molecule has 0 radical (unpaired) electrons. The van der Waals surface area contributed by atoms with Crippen molar-refractivity contribution in [3.05, 3.63) is 40.7 Å². The Kier molecular flexibility index (Phi) is 5.91. The molecule has 4 rings (SSSR count). The van der Waals surface area contributed by atoms with Gasteiger partial charge in [0.15, 0.2) is 0 Å². The molecule has 10 heteroatoms. The lowest BCUT2D eigenvalue weighted by Gasteiger charge is -2.38. The molecule has 1 unspecified atom stereocenters. The molecule has 1 aliphatic carbocycles. The van der Waals surface area contributed by atoms with Gasteiger partial charge in [-0.2, -0.15) is 13.2 Å². The van der Waals surface area contributed by atoms with Gasteiger partial charge in [-0.15, -0.1) is 0 Å². The number of pyridine rings is 1. The maximum Gasteiger partial charge on any atom is 0.433 e. The van der Waals surface area contributed by atoms with E-state index in [9.17, 15) is 13.2 Å². The number of hydrogen-bond donors (Lipinski definition) is 4. The van der Waals surface area contributed by atoms with Crippen LogP contribution in [0.5, 0.6) is 0 Å². The van der Waals surface area contributed by atoms with Crippen LogP contribution < -0.4 is 11.5 Å². The summed E-state index contributed by atoms with van der Waals surface area (Å²) < 4.78 is 45.8. The number of nitrogens with two attached hydrogens (primary N) is 2. The van der Waals surface area contributed by atoms with Crippen LogP contribution >= 0.6 is 0 Å². The normalized spacial score (nSPS) is 20.2. The average Bonchev–Trinajstić information content (AvgIpc) is 2.79. The highest BCUT2D eigenvalue weighted by Crippen LogP contribution is 2.38. The number of morpholine rings is 1. The molecule has 7 nitrogen and oxygen atoms in total. The number of anilines is 1. The number of hydrogen-bond acceptors (Lipinski definition) is 7. The van der Waals surface area contributed by atoms with E-state index in [1.54, 1.807) is 12.1 Å². The monoisotopic (exact) mass is 446 g/mol. The summed E-state index contributed by atoms with van der Waals surface area (Å²) >= 11 is 0. The highest BCUT2D eigenvalue weighted by Gasteiger charge is 2.39. The van der Waals surface area contributed by atoms with Gasteiger partial charge in [0.2, 0.25) is 0 Å². The molecule has 1 aromatic carbocycles. The maximum absolute atomic E-state index is 13.4. The van der Waals surface area contributed by atoms with E-state index < -0.39 is 17.5 Å². The van der Waals surface area contributed by atoms with Crippen LogP contribution in [-0.2, 0) is 17.6 Å². The van der Waals surface area contributed by atoms with Gasteiger partial charge in [0.05, 0.1) is 24.4 Å². The van der Waals surface area contributed by atoms with E-state index in [0.717, 1.165) is 37.5 Å². The predicted octanol–water partition coefficient (Wildman–Crippen LogP) is 2.89. The van der Waals surface area contributed by atoms with Gasteiger partial charge >= 0.3 is 6.18 Å². The molecule has 170 valence electrons. The quantitative estimate of drug-likeness (QED) is 0.425. The number of fused-ring (bicyclic) bond motifs is 3. The summed E-state index contributed by atoms with van der Waals surface area (Å²) in [4.78, 5) is 6.82. The molecule has 1 atom stereocenters. The molecule has 0 saturated carbocycles. The van der Waals surface area contributed by atoms with Gasteiger partial charge in [-0.25, -0.2) is 4.98 Å². The Morgan fingerprint density at radius 1 is 1.22 bits per heavy atom. The van der Waals surface area contributed by atoms with E-state index in [-0.39, 0.29) is 11.7 Å². The third kappa shape index (κ3) is 3.84. The molecule has 1 fully saturated rings. The molecule has 2 aliphatic rings. The Balaban J connectivity index is 1.93. The van der Waals surface area contributed by atoms with Gasteiger partial charge in [0.25, 0.3) is 0 Å². The van der Waals surface area contributed by atoms with Gasteiger partial charge < -0.3 is 21.6 Å². The van der Waals surface area contributed by atoms with Crippen LogP contribution in [0.1, 0.15) is 28.8 Å². The Morgan fingerprint density at radius 3 is 2.56 bits per heavy atom. The van der Waals surface area contributed by atoms with Crippen LogP contribution in [-0.4, -0.2) is 60.3 Å². The Labute approximate surface area is 183 Å². The first-order valence-corrected chi connectivity index (χ1v) is 10.4. The van der Waals surface area contributed by atoms with Crippen molar-refractivity contribution in [2.24, 2.45) is 5.73 Å². The number of aromatic nitrogens is 1. The van der Waals surface area contributed by atoms with Crippen LogP contribution in [0.4, 0.5) is 18.9 Å². The predicted molar refractivity (Wildman–Crippen MR) is 118 cm³/mol. The van der Waals surface area contributed by atoms with Gasteiger partial charge in [-0.05, 0) is 42.5 Å². The summed E-state index contributed by atoms with van der Waals surface area (Å²) in [6, 6.07) is 3.35. The molecule has 0 bridgehead atoms. The summed E-state index contributed by atoms with van der Waals surface area (Å²) in [6.45, 7) is 2.75. The van der Waals surface area contributed by atoms with Crippen molar-refractivity contribution in [1.29, 1.82) is 10.8 Å². The van der Waals surface area contributed by atoms with Crippen molar-refractivity contribution in [1.82, 2.24) is 9.88 Å². The Hall–Kier alpha value is -2.98. The minimum Gasteiger partial charge on any atom is -0.404 e. The number of nitrogens with one attached hydrogen (secondary N) is 2. The third-order valence-electron chi connectivity index (χ3n) is 6.29. The average molecular weight is 446 g/mol. The minimum atomic E-state index is -4.85. The van der Waals surface area contributed by atoms with Crippen LogP contribution in [0.2, 0.25) is 0 Å². The number of nitrogen functional groups attached to an aromatic ring is 1. The van der Waals surface area contributed by atoms with Crippen LogP contribution in [0.3, 0.4) is 0 Å². The van der Waals surface area contributed by atoms with Crippen molar-refractivity contribution in [2.75, 3.05) is 32.0 Å². The molecule has 1 aliphatic heterocycles. The zero-order valence-corrected chi connectivity index (χ0v) is 17.4. The smallest absolute Gasteiger partial charge is 0.404 e. The van der Waals surface area contributed by atoms with E-state index in [1.807, 2.05) is 0 Å². The molecule has 6 N–H and O–H groups in total. The molecule has 2 heterocycles. The number of aryl methyl sites for hydroxylation is 1. The second kappa shape index (κ2) is 8.51. The molecule has 2 aromatic rings. The summed E-state index contributed by atoms with van der Waals surface area (Å²) in [5.74, 6) is 0. The van der Waals surface area contributed by atoms with Gasteiger partial charge in [-0.3, -0.25) is 10.3 Å². The van der Waals surface area contributed by atoms with E-state index in [1.165, 1.54) is 0 Å². The first-order chi connectivity index (χ1) is 15.3. The molecule has 0 spiro atoms. The number of rotatable bonds is 4. The van der Waals surface area contributed by atoms with Crippen molar-refractivity contribution in [3.63, 3.8) is 0 Å². The van der Waals surface area contributed by atoms with Crippen molar-refractivity contribution < 1.29 is 17.9 Å². The van der Waals surface area contributed by atoms with Crippen molar-refractivity contribution in [3.8, 4) is 0 Å². The number of benzene rings is 1. The van der Waals surface area contributed by atoms with Crippen LogP contribution in [0.25, 0.3) is 16.5 Å². The maximum atomic E-state index is 13.4. The summed E-state index contributed by atoms with van der Waals surface area (Å²) in [6.07, 6.45) is -0.986. The van der Waals surface area contributed by atoms with Crippen molar-refractivity contribution >= 4 is 34.1 Å². The number of nitrogens with zero attached hydrogens (tertiary/aromatic N) is 2. The molecular weight excluding hydrogens is 421 g/mol. The Bertz CT molecular complexity index is 1110. The number of halogens is 3. The fourth-order valence-corrected chi connectivity index (χ4v) is 4.73. The molecule has 1 saturated heterocycles. The molecule has 32 heavy (non-hydrogen) atoms. The fourth-order valence-electron chi connectivity index (χ4n) is 4.73. The lowest BCUT2D eigenvalue weighted by Crippen LogP contribution is -2.46. The number of alkyl halides is 3. The highest BCUT2D eigenvalue weighted by molar-refractivity contribution is 6.25. The minimum absolute atomic E-state index is 0.0796. The largest absolute Gasteiger partial charge is 0.433 e. The fraction of sp³-hybridized carbons (Fsp3) is 0.409. The Morgan fingerprint density at radius 2 is 1.94 bits per heavy atom. The number of ether oxygens (including phenoxy) is 1. The van der Waals surface area contributed by atoms with Gasteiger partial charge in [-0.1, -0.05) is 0 Å². The standard InChI is InChI=1S/C22H25F3N6O/c23-22(24,25)21(29)16(11-27)20-14-9-12(31-5-7-32-8-6-31)1-2-13(14)19-15(10-26)17(28)3-4-18(19)30-20/h3-4,10-12,26,29H,1-2,5-9,27-28H2/b16-11-,26-10?,29-21?. The van der Waals surface area contributed by atoms with Crippen LogP contribution in [0.15, 0.2) is 18.3 Å². The van der Waals surface area contributed by atoms with E-state index in [4.69, 9.17) is 27.0 Å². The topological polar surface area (TPSA) is 125 Å².